The van der Waals surface area contributed by atoms with Gasteiger partial charge in [0.1, 0.15) is 11.6 Å². The fourth-order valence-electron chi connectivity index (χ4n) is 1.90. The monoisotopic (exact) mass is 321 g/mol. The van der Waals surface area contributed by atoms with E-state index in [9.17, 15) is 9.18 Å². The zero-order valence-electron chi connectivity index (χ0n) is 12.2. The summed E-state index contributed by atoms with van der Waals surface area (Å²) in [6, 6.07) is 11.5. The molecule has 0 aromatic heterocycles. The van der Waals surface area contributed by atoms with Crippen LogP contribution in [0.1, 0.15) is 11.1 Å². The Balaban J connectivity index is 1.71. The number of aryl methyl sites for hydroxylation is 1. The van der Waals surface area contributed by atoms with Crippen molar-refractivity contribution in [1.29, 1.82) is 0 Å². The summed E-state index contributed by atoms with van der Waals surface area (Å²) < 4.78 is 18.2. The maximum absolute atomic E-state index is 12.8. The summed E-state index contributed by atoms with van der Waals surface area (Å²) in [4.78, 5) is 11.7. The maximum Gasteiger partial charge on any atom is 0.257 e. The molecule has 0 saturated carbocycles. The van der Waals surface area contributed by atoms with E-state index in [0.717, 1.165) is 11.1 Å². The summed E-state index contributed by atoms with van der Waals surface area (Å²) in [5.41, 5.74) is 1.87. The molecule has 0 heterocycles. The van der Waals surface area contributed by atoms with E-state index >= 15 is 0 Å². The number of rotatable bonds is 6. The minimum Gasteiger partial charge on any atom is -0.484 e. The van der Waals surface area contributed by atoms with Crippen molar-refractivity contribution in [3.05, 3.63) is 64.4 Å². The topological polar surface area (TPSA) is 38.3 Å². The van der Waals surface area contributed by atoms with Crippen molar-refractivity contribution in [2.75, 3.05) is 13.2 Å². The number of halogens is 2. The molecule has 2 aromatic carbocycles. The largest absolute Gasteiger partial charge is 0.484 e. The number of hydrogen-bond acceptors (Lipinski definition) is 2. The number of carbonyl (C=O) groups is 1. The van der Waals surface area contributed by atoms with Crippen LogP contribution in [-0.4, -0.2) is 19.1 Å². The van der Waals surface area contributed by atoms with Crippen molar-refractivity contribution in [2.45, 2.75) is 13.3 Å². The molecule has 3 nitrogen and oxygen atoms in total. The summed E-state index contributed by atoms with van der Waals surface area (Å²) in [6.07, 6.45) is 0.645. The second-order valence-electron chi connectivity index (χ2n) is 4.93. The van der Waals surface area contributed by atoms with Crippen molar-refractivity contribution < 1.29 is 13.9 Å². The second-order valence-corrected chi connectivity index (χ2v) is 5.33. The Morgan fingerprint density at radius 2 is 1.95 bits per heavy atom. The molecule has 0 radical (unpaired) electrons. The molecule has 2 aromatic rings. The molecule has 0 aliphatic heterocycles. The van der Waals surface area contributed by atoms with E-state index in [2.05, 4.69) is 5.32 Å². The fraction of sp³-hybridized carbons (Fsp3) is 0.235. The van der Waals surface area contributed by atoms with Crippen LogP contribution in [0.2, 0.25) is 5.02 Å². The Bertz CT molecular complexity index is 644. The van der Waals surface area contributed by atoms with E-state index < -0.39 is 0 Å². The molecule has 1 N–H and O–H groups in total. The Hall–Kier alpha value is -2.07. The lowest BCUT2D eigenvalue weighted by Gasteiger charge is -2.08. The molecular weight excluding hydrogens is 305 g/mol. The zero-order valence-corrected chi connectivity index (χ0v) is 13.0. The molecule has 5 heteroatoms. The van der Waals surface area contributed by atoms with Crippen LogP contribution in [-0.2, 0) is 11.2 Å². The van der Waals surface area contributed by atoms with E-state index in [1.165, 1.54) is 12.1 Å². The van der Waals surface area contributed by atoms with Gasteiger partial charge < -0.3 is 10.1 Å². The minimum atomic E-state index is -0.264. The van der Waals surface area contributed by atoms with E-state index in [4.69, 9.17) is 16.3 Å². The Labute approximate surface area is 134 Å². The Morgan fingerprint density at radius 1 is 1.23 bits per heavy atom. The third kappa shape index (κ3) is 5.04. The SMILES string of the molecule is Cc1cc(OCC(=O)NCCc2ccc(F)cc2)ccc1Cl. The molecule has 0 bridgehead atoms. The minimum absolute atomic E-state index is 0.0511. The first-order valence-electron chi connectivity index (χ1n) is 6.94. The van der Waals surface area contributed by atoms with Gasteiger partial charge in [0.05, 0.1) is 0 Å². The molecule has 0 fully saturated rings. The maximum atomic E-state index is 12.8. The van der Waals surface area contributed by atoms with Crippen molar-refractivity contribution in [1.82, 2.24) is 5.32 Å². The Kier molecular flexibility index (Phi) is 5.78. The summed E-state index contributed by atoms with van der Waals surface area (Å²) in [6.45, 7) is 2.30. The van der Waals surface area contributed by atoms with E-state index in [1.807, 2.05) is 6.92 Å². The van der Waals surface area contributed by atoms with E-state index in [1.54, 1.807) is 30.3 Å². The van der Waals surface area contributed by atoms with Gasteiger partial charge in [0, 0.05) is 11.6 Å². The molecule has 0 spiro atoms. The van der Waals surface area contributed by atoms with Crippen LogP contribution in [0.3, 0.4) is 0 Å². The van der Waals surface area contributed by atoms with Crippen molar-refractivity contribution in [3.63, 3.8) is 0 Å². The van der Waals surface area contributed by atoms with Crippen LogP contribution in [0, 0.1) is 12.7 Å². The number of carbonyl (C=O) groups excluding carboxylic acids is 1. The molecule has 2 rings (SSSR count). The van der Waals surface area contributed by atoms with Gasteiger partial charge in [0.25, 0.3) is 5.91 Å². The first kappa shape index (κ1) is 16.3. The van der Waals surface area contributed by atoms with Crippen molar-refractivity contribution >= 4 is 17.5 Å². The first-order chi connectivity index (χ1) is 10.5. The predicted molar refractivity (Wildman–Crippen MR) is 84.8 cm³/mol. The van der Waals surface area contributed by atoms with Crippen LogP contribution in [0.25, 0.3) is 0 Å². The molecule has 22 heavy (non-hydrogen) atoms. The molecule has 0 aliphatic rings. The molecular formula is C17H17ClFNO2. The van der Waals surface area contributed by atoms with Gasteiger partial charge in [-0.05, 0) is 54.8 Å². The standard InChI is InChI=1S/C17H17ClFNO2/c1-12-10-15(6-7-16(12)18)22-11-17(21)20-9-8-13-2-4-14(19)5-3-13/h2-7,10H,8-9,11H2,1H3,(H,20,21). The van der Waals surface area contributed by atoms with Crippen LogP contribution in [0.15, 0.2) is 42.5 Å². The van der Waals surface area contributed by atoms with Crippen LogP contribution in [0.4, 0.5) is 4.39 Å². The van der Waals surface area contributed by atoms with Gasteiger partial charge >= 0.3 is 0 Å². The summed E-state index contributed by atoms with van der Waals surface area (Å²) in [7, 11) is 0. The lowest BCUT2D eigenvalue weighted by Crippen LogP contribution is -2.30. The quantitative estimate of drug-likeness (QED) is 0.884. The number of ether oxygens (including phenoxy) is 1. The highest BCUT2D eigenvalue weighted by molar-refractivity contribution is 6.31. The van der Waals surface area contributed by atoms with Crippen LogP contribution >= 0.6 is 11.6 Å². The van der Waals surface area contributed by atoms with E-state index in [0.29, 0.717) is 23.7 Å². The van der Waals surface area contributed by atoms with E-state index in [-0.39, 0.29) is 18.3 Å². The zero-order chi connectivity index (χ0) is 15.9. The highest BCUT2D eigenvalue weighted by Gasteiger charge is 2.04. The highest BCUT2D eigenvalue weighted by atomic mass is 35.5. The Morgan fingerprint density at radius 3 is 2.64 bits per heavy atom. The molecule has 0 aliphatic carbocycles. The first-order valence-corrected chi connectivity index (χ1v) is 7.32. The van der Waals surface area contributed by atoms with Crippen molar-refractivity contribution in [2.24, 2.45) is 0 Å². The molecule has 0 unspecified atom stereocenters. The molecule has 1 amide bonds. The summed E-state index contributed by atoms with van der Waals surface area (Å²) in [5, 5.41) is 3.42. The number of amides is 1. The van der Waals surface area contributed by atoms with Crippen molar-refractivity contribution in [3.8, 4) is 5.75 Å². The average Bonchev–Trinajstić information content (AvgIpc) is 2.50. The van der Waals surface area contributed by atoms with Gasteiger partial charge in [-0.1, -0.05) is 23.7 Å². The highest BCUT2D eigenvalue weighted by Crippen LogP contribution is 2.20. The lowest BCUT2D eigenvalue weighted by atomic mass is 10.1. The van der Waals surface area contributed by atoms with Gasteiger partial charge in [0.15, 0.2) is 6.61 Å². The van der Waals surface area contributed by atoms with Gasteiger partial charge in [-0.25, -0.2) is 4.39 Å². The number of benzene rings is 2. The second kappa shape index (κ2) is 7.80. The number of hydrogen-bond donors (Lipinski definition) is 1. The lowest BCUT2D eigenvalue weighted by molar-refractivity contribution is -0.123. The molecule has 0 atom stereocenters. The van der Waals surface area contributed by atoms with Gasteiger partial charge in [-0.15, -0.1) is 0 Å². The van der Waals surface area contributed by atoms with Crippen LogP contribution < -0.4 is 10.1 Å². The molecule has 0 saturated heterocycles. The molecule has 116 valence electrons. The predicted octanol–water partition coefficient (Wildman–Crippen LogP) is 3.53. The number of nitrogens with one attached hydrogen (secondary N) is 1. The summed E-state index contributed by atoms with van der Waals surface area (Å²) in [5.74, 6) is 0.143. The fourth-order valence-corrected chi connectivity index (χ4v) is 2.02. The average molecular weight is 322 g/mol. The third-order valence-corrected chi connectivity index (χ3v) is 3.57. The van der Waals surface area contributed by atoms with Gasteiger partial charge in [-0.2, -0.15) is 0 Å². The summed E-state index contributed by atoms with van der Waals surface area (Å²) >= 11 is 5.92. The van der Waals surface area contributed by atoms with Crippen LogP contribution in [0.5, 0.6) is 5.75 Å². The van der Waals surface area contributed by atoms with Gasteiger partial charge in [-0.3, -0.25) is 4.79 Å². The third-order valence-electron chi connectivity index (χ3n) is 3.15. The smallest absolute Gasteiger partial charge is 0.257 e. The van der Waals surface area contributed by atoms with Gasteiger partial charge in [0.2, 0.25) is 0 Å². The normalized spacial score (nSPS) is 10.3.